The lowest BCUT2D eigenvalue weighted by molar-refractivity contribution is 0.0961. The van der Waals surface area contributed by atoms with Gasteiger partial charge in [-0.2, -0.15) is 4.98 Å². The summed E-state index contributed by atoms with van der Waals surface area (Å²) in [5, 5.41) is 6.22. The van der Waals surface area contributed by atoms with Crippen LogP contribution in [0.1, 0.15) is 34.3 Å². The van der Waals surface area contributed by atoms with Crippen LogP contribution in [0, 0.1) is 0 Å². The number of hydrogen-bond acceptors (Lipinski definition) is 7. The number of anilines is 1. The number of nitrogens with zero attached hydrogens (tertiary/aromatic N) is 5. The summed E-state index contributed by atoms with van der Waals surface area (Å²) in [6.45, 7) is 6.20. The number of piperazine rings is 1. The Morgan fingerprint density at radius 2 is 1.91 bits per heavy atom. The number of carbonyl (C=O) groups is 1. The molecule has 1 amide bonds. The van der Waals surface area contributed by atoms with Crippen LogP contribution in [0.4, 0.5) is 5.95 Å². The summed E-state index contributed by atoms with van der Waals surface area (Å²) in [4.78, 5) is 39.5. The summed E-state index contributed by atoms with van der Waals surface area (Å²) >= 11 is 0. The van der Waals surface area contributed by atoms with Crippen molar-refractivity contribution in [3.63, 3.8) is 0 Å². The highest BCUT2D eigenvalue weighted by molar-refractivity contribution is 5.97. The van der Waals surface area contributed by atoms with E-state index < -0.39 is 5.91 Å². The van der Waals surface area contributed by atoms with Gasteiger partial charge in [0.05, 0.1) is 5.39 Å². The highest BCUT2D eigenvalue weighted by Crippen LogP contribution is 2.26. The summed E-state index contributed by atoms with van der Waals surface area (Å²) in [5.74, 6) is 0.0656. The fraction of sp³-hybridized carbons (Fsp3) is 0.462. The van der Waals surface area contributed by atoms with E-state index in [1.54, 1.807) is 6.20 Å². The van der Waals surface area contributed by atoms with Crippen LogP contribution in [-0.4, -0.2) is 83.6 Å². The molecule has 5 rings (SSSR count). The minimum atomic E-state index is -0.419. The molecular weight excluding hydrogens is 442 g/mol. The maximum Gasteiger partial charge on any atom is 0.256 e. The smallest absolute Gasteiger partial charge is 0.256 e. The number of amides is 1. The van der Waals surface area contributed by atoms with Gasteiger partial charge in [0, 0.05) is 57.9 Å². The van der Waals surface area contributed by atoms with Gasteiger partial charge < -0.3 is 25.0 Å². The number of benzene rings is 1. The van der Waals surface area contributed by atoms with Crippen LogP contribution in [0.25, 0.3) is 16.7 Å². The van der Waals surface area contributed by atoms with E-state index in [-0.39, 0.29) is 11.0 Å². The van der Waals surface area contributed by atoms with Gasteiger partial charge in [-0.25, -0.2) is 4.98 Å². The number of rotatable bonds is 7. The van der Waals surface area contributed by atoms with Crippen molar-refractivity contribution in [3.05, 3.63) is 57.5 Å². The number of pyridine rings is 1. The SMILES string of the molecule is CNC(=O)c1cn(-c2ccc3c(c2)CCC3)c2nc(NCCCN3CCN(C)CC3)ncc2c1=O. The van der Waals surface area contributed by atoms with Crippen molar-refractivity contribution in [1.29, 1.82) is 0 Å². The van der Waals surface area contributed by atoms with Crippen molar-refractivity contribution in [3.8, 4) is 5.69 Å². The fourth-order valence-electron chi connectivity index (χ4n) is 4.97. The number of carbonyl (C=O) groups excluding carboxylic acids is 1. The molecule has 9 heteroatoms. The van der Waals surface area contributed by atoms with Crippen LogP contribution in [0.15, 0.2) is 35.4 Å². The molecule has 0 unspecified atom stereocenters. The number of fused-ring (bicyclic) bond motifs is 2. The predicted molar refractivity (Wildman–Crippen MR) is 138 cm³/mol. The van der Waals surface area contributed by atoms with Gasteiger partial charge in [0.2, 0.25) is 11.4 Å². The Bertz CT molecular complexity index is 1290. The molecule has 1 fully saturated rings. The van der Waals surface area contributed by atoms with Gasteiger partial charge in [-0.3, -0.25) is 9.59 Å². The van der Waals surface area contributed by atoms with E-state index in [0.717, 1.165) is 70.6 Å². The van der Waals surface area contributed by atoms with Crippen LogP contribution in [0.3, 0.4) is 0 Å². The molecule has 35 heavy (non-hydrogen) atoms. The predicted octanol–water partition coefficient (Wildman–Crippen LogP) is 1.68. The van der Waals surface area contributed by atoms with Gasteiger partial charge >= 0.3 is 0 Å². The zero-order chi connectivity index (χ0) is 24.4. The lowest BCUT2D eigenvalue weighted by Crippen LogP contribution is -2.44. The second-order valence-corrected chi connectivity index (χ2v) is 9.48. The largest absolute Gasteiger partial charge is 0.355 e. The first kappa shape index (κ1) is 23.4. The molecule has 0 spiro atoms. The Hall–Kier alpha value is -3.30. The molecule has 0 atom stereocenters. The summed E-state index contributed by atoms with van der Waals surface area (Å²) in [6, 6.07) is 6.32. The number of hydrogen-bond donors (Lipinski definition) is 2. The van der Waals surface area contributed by atoms with E-state index in [4.69, 9.17) is 4.98 Å². The van der Waals surface area contributed by atoms with Crippen molar-refractivity contribution >= 4 is 22.9 Å². The first-order valence-electron chi connectivity index (χ1n) is 12.4. The van der Waals surface area contributed by atoms with Gasteiger partial charge in [0.15, 0.2) is 5.65 Å². The van der Waals surface area contributed by atoms with Crippen LogP contribution >= 0.6 is 0 Å². The number of aromatic nitrogens is 3. The van der Waals surface area contributed by atoms with Gasteiger partial charge in [0.1, 0.15) is 5.56 Å². The Labute approximate surface area is 205 Å². The highest BCUT2D eigenvalue weighted by atomic mass is 16.2. The third-order valence-corrected chi connectivity index (χ3v) is 7.11. The molecule has 0 saturated carbocycles. The number of aryl methyl sites for hydroxylation is 2. The monoisotopic (exact) mass is 475 g/mol. The van der Waals surface area contributed by atoms with Gasteiger partial charge in [-0.15, -0.1) is 0 Å². The topological polar surface area (TPSA) is 95.4 Å². The lowest BCUT2D eigenvalue weighted by Gasteiger charge is -2.32. The summed E-state index contributed by atoms with van der Waals surface area (Å²) < 4.78 is 1.84. The van der Waals surface area contributed by atoms with Crippen LogP contribution in [0.2, 0.25) is 0 Å². The van der Waals surface area contributed by atoms with E-state index in [9.17, 15) is 9.59 Å². The van der Waals surface area contributed by atoms with Crippen molar-refractivity contribution in [2.75, 3.05) is 58.7 Å². The molecule has 9 nitrogen and oxygen atoms in total. The molecule has 1 aliphatic carbocycles. The molecule has 1 aliphatic heterocycles. The average Bonchev–Trinajstić information content (AvgIpc) is 3.35. The maximum atomic E-state index is 13.1. The van der Waals surface area contributed by atoms with Crippen LogP contribution in [-0.2, 0) is 12.8 Å². The zero-order valence-corrected chi connectivity index (χ0v) is 20.5. The van der Waals surface area contributed by atoms with Gasteiger partial charge in [-0.05, 0) is 62.5 Å². The van der Waals surface area contributed by atoms with E-state index in [1.807, 2.05) is 10.6 Å². The molecule has 184 valence electrons. The summed E-state index contributed by atoms with van der Waals surface area (Å²) in [6.07, 6.45) is 7.40. The molecule has 3 heterocycles. The molecule has 1 saturated heterocycles. The maximum absolute atomic E-state index is 13.1. The van der Waals surface area contributed by atoms with Crippen LogP contribution < -0.4 is 16.1 Å². The molecule has 0 bridgehead atoms. The third-order valence-electron chi connectivity index (χ3n) is 7.11. The minimum absolute atomic E-state index is 0.0805. The summed E-state index contributed by atoms with van der Waals surface area (Å²) in [5.41, 5.74) is 3.78. The first-order valence-corrected chi connectivity index (χ1v) is 12.4. The van der Waals surface area contributed by atoms with E-state index in [2.05, 4.69) is 44.6 Å². The standard InChI is InChI=1S/C26H33N7O2/c1-27-25(35)22-17-33(20-8-7-18-5-3-6-19(18)15-20)24-21(23(22)34)16-29-26(30-24)28-9-4-10-32-13-11-31(2)12-14-32/h7-8,15-17H,3-6,9-14H2,1-2H3,(H,27,35)(H,28,29,30). The fourth-order valence-corrected chi connectivity index (χ4v) is 4.97. The lowest BCUT2D eigenvalue weighted by atomic mass is 10.1. The zero-order valence-electron chi connectivity index (χ0n) is 20.5. The van der Waals surface area contributed by atoms with Crippen molar-refractivity contribution in [1.82, 2.24) is 29.7 Å². The Balaban J connectivity index is 1.42. The minimum Gasteiger partial charge on any atom is -0.355 e. The summed E-state index contributed by atoms with van der Waals surface area (Å²) in [7, 11) is 3.69. The molecule has 1 aromatic carbocycles. The Kier molecular flexibility index (Phi) is 6.79. The molecule has 3 aromatic rings. The van der Waals surface area contributed by atoms with Gasteiger partial charge in [0.25, 0.3) is 5.91 Å². The Morgan fingerprint density at radius 3 is 2.71 bits per heavy atom. The van der Waals surface area contributed by atoms with E-state index in [1.165, 1.54) is 24.4 Å². The number of likely N-dealkylation sites (N-methyl/N-ethyl adjacent to an activating group) is 1. The van der Waals surface area contributed by atoms with Gasteiger partial charge in [-0.1, -0.05) is 6.07 Å². The first-order chi connectivity index (χ1) is 17.0. The molecule has 2 N–H and O–H groups in total. The molecular formula is C26H33N7O2. The van der Waals surface area contributed by atoms with Crippen molar-refractivity contribution in [2.45, 2.75) is 25.7 Å². The third kappa shape index (κ3) is 4.92. The highest BCUT2D eigenvalue weighted by Gasteiger charge is 2.19. The second-order valence-electron chi connectivity index (χ2n) is 9.48. The quantitative estimate of drug-likeness (QED) is 0.502. The molecule has 2 aromatic heterocycles. The van der Waals surface area contributed by atoms with Crippen molar-refractivity contribution < 1.29 is 4.79 Å². The Morgan fingerprint density at radius 1 is 1.11 bits per heavy atom. The van der Waals surface area contributed by atoms with Crippen molar-refractivity contribution in [2.24, 2.45) is 0 Å². The van der Waals surface area contributed by atoms with E-state index in [0.29, 0.717) is 17.0 Å². The average molecular weight is 476 g/mol. The number of nitrogens with one attached hydrogen (secondary N) is 2. The van der Waals surface area contributed by atoms with Crippen LogP contribution in [0.5, 0.6) is 0 Å². The second kappa shape index (κ2) is 10.1. The molecule has 2 aliphatic rings. The molecule has 0 radical (unpaired) electrons. The normalized spacial score (nSPS) is 16.4. The van der Waals surface area contributed by atoms with E-state index >= 15 is 0 Å².